The van der Waals surface area contributed by atoms with Crippen LogP contribution in [0.25, 0.3) is 0 Å². The Labute approximate surface area is 115 Å². The Morgan fingerprint density at radius 3 is 2.63 bits per heavy atom. The topological polar surface area (TPSA) is 75.4 Å². The molecule has 0 spiro atoms. The van der Waals surface area contributed by atoms with Gasteiger partial charge in [0.15, 0.2) is 0 Å². The molecule has 0 aliphatic heterocycles. The molecule has 0 radical (unpaired) electrons. The van der Waals surface area contributed by atoms with Gasteiger partial charge in [0.2, 0.25) is 0 Å². The first-order valence-corrected chi connectivity index (χ1v) is 6.25. The van der Waals surface area contributed by atoms with Gasteiger partial charge in [-0.15, -0.1) is 0 Å². The molecule has 5 nitrogen and oxygen atoms in total. The molecule has 0 heterocycles. The Hall–Kier alpha value is -1.40. The molecule has 0 bridgehead atoms. The van der Waals surface area contributed by atoms with Crippen LogP contribution in [0.15, 0.2) is 12.1 Å². The zero-order valence-electron chi connectivity index (χ0n) is 10.7. The van der Waals surface area contributed by atoms with Gasteiger partial charge >= 0.3 is 0 Å². The lowest BCUT2D eigenvalue weighted by atomic mass is 10.0. The lowest BCUT2D eigenvalue weighted by Crippen LogP contribution is -2.27. The standard InChI is InChI=1S/C12H16ClFN2O3/c1-7(2)10(3-4-17)15-11-5-8(13)9(14)6-12(11)16(18)19/h5-7,10,15,17H,3-4H2,1-2H3. The number of anilines is 1. The molecule has 1 aromatic rings. The molecule has 2 N–H and O–H groups in total. The summed E-state index contributed by atoms with van der Waals surface area (Å²) in [5.74, 6) is -0.683. The third-order valence-electron chi connectivity index (χ3n) is 2.82. The van der Waals surface area contributed by atoms with Crippen LogP contribution in [0.3, 0.4) is 0 Å². The van der Waals surface area contributed by atoms with Crippen molar-refractivity contribution in [3.05, 3.63) is 33.1 Å². The number of nitro benzene ring substituents is 1. The number of aliphatic hydroxyl groups is 1. The van der Waals surface area contributed by atoms with Crippen LogP contribution in [0, 0.1) is 21.8 Å². The van der Waals surface area contributed by atoms with Crippen LogP contribution < -0.4 is 5.32 Å². The Bertz CT molecular complexity index is 469. The van der Waals surface area contributed by atoms with Gasteiger partial charge in [-0.2, -0.15) is 0 Å². The second-order valence-electron chi connectivity index (χ2n) is 4.55. The van der Waals surface area contributed by atoms with E-state index >= 15 is 0 Å². The Morgan fingerprint density at radius 2 is 2.16 bits per heavy atom. The highest BCUT2D eigenvalue weighted by molar-refractivity contribution is 6.31. The Morgan fingerprint density at radius 1 is 1.53 bits per heavy atom. The van der Waals surface area contributed by atoms with E-state index in [1.165, 1.54) is 6.07 Å². The van der Waals surface area contributed by atoms with E-state index < -0.39 is 10.7 Å². The summed E-state index contributed by atoms with van der Waals surface area (Å²) >= 11 is 5.64. The molecule has 19 heavy (non-hydrogen) atoms. The van der Waals surface area contributed by atoms with Crippen molar-refractivity contribution in [1.29, 1.82) is 0 Å². The first-order chi connectivity index (χ1) is 8.86. The fraction of sp³-hybridized carbons (Fsp3) is 0.500. The lowest BCUT2D eigenvalue weighted by molar-refractivity contribution is -0.384. The Kier molecular flexibility index (Phi) is 5.50. The molecule has 0 saturated carbocycles. The van der Waals surface area contributed by atoms with Crippen molar-refractivity contribution >= 4 is 23.0 Å². The average molecular weight is 291 g/mol. The molecule has 106 valence electrons. The quantitative estimate of drug-likeness (QED) is 0.623. The lowest BCUT2D eigenvalue weighted by Gasteiger charge is -2.22. The highest BCUT2D eigenvalue weighted by Crippen LogP contribution is 2.31. The van der Waals surface area contributed by atoms with Gasteiger partial charge in [-0.1, -0.05) is 25.4 Å². The van der Waals surface area contributed by atoms with E-state index in [4.69, 9.17) is 16.7 Å². The molecule has 0 fully saturated rings. The molecule has 0 aliphatic carbocycles. The molecule has 7 heteroatoms. The van der Waals surface area contributed by atoms with E-state index in [2.05, 4.69) is 5.32 Å². The molecule has 1 unspecified atom stereocenters. The highest BCUT2D eigenvalue weighted by atomic mass is 35.5. The molecular weight excluding hydrogens is 275 g/mol. The third-order valence-corrected chi connectivity index (χ3v) is 3.11. The van der Waals surface area contributed by atoms with E-state index in [-0.39, 0.29) is 35.0 Å². The fourth-order valence-electron chi connectivity index (χ4n) is 1.71. The number of hydrogen-bond donors (Lipinski definition) is 2. The normalized spacial score (nSPS) is 12.5. The monoisotopic (exact) mass is 290 g/mol. The largest absolute Gasteiger partial charge is 0.396 e. The molecular formula is C12H16ClFN2O3. The molecule has 1 atom stereocenters. The predicted molar refractivity (Wildman–Crippen MR) is 72.0 cm³/mol. The second kappa shape index (κ2) is 6.68. The minimum Gasteiger partial charge on any atom is -0.396 e. The number of aliphatic hydroxyl groups excluding tert-OH is 1. The third kappa shape index (κ3) is 4.04. The van der Waals surface area contributed by atoms with Crippen molar-refractivity contribution in [2.24, 2.45) is 5.92 Å². The molecule has 0 aliphatic rings. The average Bonchev–Trinajstić information content (AvgIpc) is 2.32. The van der Waals surface area contributed by atoms with E-state index in [1.54, 1.807) is 0 Å². The summed E-state index contributed by atoms with van der Waals surface area (Å²) in [6.45, 7) is 3.80. The number of nitrogens with zero attached hydrogens (tertiary/aromatic N) is 1. The van der Waals surface area contributed by atoms with E-state index in [0.717, 1.165) is 6.07 Å². The number of hydrogen-bond acceptors (Lipinski definition) is 4. The zero-order chi connectivity index (χ0) is 14.6. The van der Waals surface area contributed by atoms with Crippen molar-refractivity contribution in [2.45, 2.75) is 26.3 Å². The van der Waals surface area contributed by atoms with E-state index in [9.17, 15) is 14.5 Å². The summed E-state index contributed by atoms with van der Waals surface area (Å²) in [4.78, 5) is 10.2. The van der Waals surface area contributed by atoms with Gasteiger partial charge in [-0.25, -0.2) is 4.39 Å². The maximum atomic E-state index is 13.3. The van der Waals surface area contributed by atoms with Crippen molar-refractivity contribution in [2.75, 3.05) is 11.9 Å². The zero-order valence-corrected chi connectivity index (χ0v) is 11.4. The van der Waals surface area contributed by atoms with Gasteiger partial charge in [0.05, 0.1) is 16.0 Å². The van der Waals surface area contributed by atoms with Crippen LogP contribution in [0.2, 0.25) is 5.02 Å². The number of nitrogens with one attached hydrogen (secondary N) is 1. The van der Waals surface area contributed by atoms with Crippen LogP contribution in [0.4, 0.5) is 15.8 Å². The van der Waals surface area contributed by atoms with Crippen LogP contribution in [-0.4, -0.2) is 22.7 Å². The molecule has 0 amide bonds. The summed E-state index contributed by atoms with van der Waals surface area (Å²) in [5, 5.41) is 22.6. The first kappa shape index (κ1) is 15.7. The molecule has 1 aromatic carbocycles. The van der Waals surface area contributed by atoms with Gasteiger partial charge in [-0.05, 0) is 18.4 Å². The smallest absolute Gasteiger partial charge is 0.295 e. The summed E-state index contributed by atoms with van der Waals surface area (Å²) < 4.78 is 13.3. The minimum absolute atomic E-state index is 0.0431. The van der Waals surface area contributed by atoms with Gasteiger partial charge in [0, 0.05) is 12.6 Å². The van der Waals surface area contributed by atoms with Gasteiger partial charge in [0.1, 0.15) is 11.5 Å². The molecule has 1 rings (SSSR count). The predicted octanol–water partition coefficient (Wildman–Crippen LogP) is 3.21. The van der Waals surface area contributed by atoms with Crippen molar-refractivity contribution in [3.8, 4) is 0 Å². The minimum atomic E-state index is -0.831. The first-order valence-electron chi connectivity index (χ1n) is 5.87. The van der Waals surface area contributed by atoms with Crippen LogP contribution >= 0.6 is 11.6 Å². The second-order valence-corrected chi connectivity index (χ2v) is 4.95. The summed E-state index contributed by atoms with van der Waals surface area (Å²) in [7, 11) is 0. The SMILES string of the molecule is CC(C)C(CCO)Nc1cc(Cl)c(F)cc1[N+](=O)[O-]. The highest BCUT2D eigenvalue weighted by Gasteiger charge is 2.21. The summed E-state index contributed by atoms with van der Waals surface area (Å²) in [6, 6.07) is 1.83. The summed E-state index contributed by atoms with van der Waals surface area (Å²) in [5.41, 5.74) is -0.214. The number of halogens is 2. The van der Waals surface area contributed by atoms with Crippen LogP contribution in [0.5, 0.6) is 0 Å². The van der Waals surface area contributed by atoms with Gasteiger partial charge in [0.25, 0.3) is 5.69 Å². The van der Waals surface area contributed by atoms with Crippen LogP contribution in [0.1, 0.15) is 20.3 Å². The van der Waals surface area contributed by atoms with Crippen LogP contribution in [-0.2, 0) is 0 Å². The number of rotatable bonds is 6. The van der Waals surface area contributed by atoms with Gasteiger partial charge < -0.3 is 10.4 Å². The molecule has 0 aromatic heterocycles. The van der Waals surface area contributed by atoms with Crippen molar-refractivity contribution in [1.82, 2.24) is 0 Å². The van der Waals surface area contributed by atoms with Gasteiger partial charge in [-0.3, -0.25) is 10.1 Å². The summed E-state index contributed by atoms with van der Waals surface area (Å²) in [6.07, 6.45) is 0.434. The fourth-order valence-corrected chi connectivity index (χ4v) is 1.88. The maximum Gasteiger partial charge on any atom is 0.295 e. The number of nitro groups is 1. The van der Waals surface area contributed by atoms with Crippen molar-refractivity contribution < 1.29 is 14.4 Å². The number of benzene rings is 1. The van der Waals surface area contributed by atoms with Crippen molar-refractivity contribution in [3.63, 3.8) is 0 Å². The molecule has 0 saturated heterocycles. The van der Waals surface area contributed by atoms with E-state index in [1.807, 2.05) is 13.8 Å². The Balaban J connectivity index is 3.10. The van der Waals surface area contributed by atoms with E-state index in [0.29, 0.717) is 6.42 Å². The maximum absolute atomic E-state index is 13.3.